The van der Waals surface area contributed by atoms with Gasteiger partial charge in [-0.1, -0.05) is 0 Å². The molecule has 0 aliphatic heterocycles. The molecule has 0 aliphatic carbocycles. The van der Waals surface area contributed by atoms with Crippen molar-refractivity contribution in [2.45, 2.75) is 6.92 Å². The van der Waals surface area contributed by atoms with Gasteiger partial charge >= 0.3 is 0 Å². The maximum absolute atomic E-state index is 4.83. The number of imidazole rings is 1. The van der Waals surface area contributed by atoms with E-state index >= 15 is 0 Å². The molecular weight excluding hydrogens is 388 g/mol. The van der Waals surface area contributed by atoms with Crippen LogP contribution in [0.3, 0.4) is 0 Å². The molecule has 0 spiro atoms. The van der Waals surface area contributed by atoms with Crippen molar-refractivity contribution < 1.29 is 0 Å². The molecule has 2 N–H and O–H groups in total. The van der Waals surface area contributed by atoms with Gasteiger partial charge in [0.2, 0.25) is 0 Å². The van der Waals surface area contributed by atoms with Gasteiger partial charge in [0, 0.05) is 53.9 Å². The zero-order chi connectivity index (χ0) is 20.8. The molecular formula is C23H16N8. The molecule has 6 aromatic heterocycles. The summed E-state index contributed by atoms with van der Waals surface area (Å²) in [6, 6.07) is 9.82. The predicted molar refractivity (Wildman–Crippen MR) is 118 cm³/mol. The molecule has 6 heterocycles. The third kappa shape index (κ3) is 2.84. The van der Waals surface area contributed by atoms with Crippen LogP contribution in [0.15, 0.2) is 67.5 Å². The molecule has 0 radical (unpaired) electrons. The zero-order valence-electron chi connectivity index (χ0n) is 16.5. The van der Waals surface area contributed by atoms with Gasteiger partial charge in [-0.2, -0.15) is 5.10 Å². The predicted octanol–water partition coefficient (Wildman–Crippen LogP) is 4.33. The minimum atomic E-state index is 0.654. The van der Waals surface area contributed by atoms with E-state index in [1.54, 1.807) is 24.8 Å². The highest BCUT2D eigenvalue weighted by Gasteiger charge is 2.17. The molecule has 31 heavy (non-hydrogen) atoms. The fourth-order valence-corrected chi connectivity index (χ4v) is 3.76. The summed E-state index contributed by atoms with van der Waals surface area (Å²) in [4.78, 5) is 25.8. The van der Waals surface area contributed by atoms with Gasteiger partial charge in [-0.25, -0.2) is 9.97 Å². The number of aryl methyl sites for hydroxylation is 1. The minimum absolute atomic E-state index is 0.654. The second-order valence-electron chi connectivity index (χ2n) is 7.27. The molecule has 0 saturated heterocycles. The first kappa shape index (κ1) is 17.4. The maximum atomic E-state index is 4.83. The summed E-state index contributed by atoms with van der Waals surface area (Å²) >= 11 is 0. The summed E-state index contributed by atoms with van der Waals surface area (Å²) in [6.07, 6.45) is 10.8. The van der Waals surface area contributed by atoms with Crippen LogP contribution in [0.4, 0.5) is 0 Å². The molecule has 0 saturated carbocycles. The van der Waals surface area contributed by atoms with Crippen LogP contribution in [-0.2, 0) is 0 Å². The van der Waals surface area contributed by atoms with E-state index in [0.29, 0.717) is 17.2 Å². The van der Waals surface area contributed by atoms with Crippen molar-refractivity contribution in [2.24, 2.45) is 0 Å². The van der Waals surface area contributed by atoms with Gasteiger partial charge in [0.1, 0.15) is 11.2 Å². The molecule has 8 nitrogen and oxygen atoms in total. The van der Waals surface area contributed by atoms with Crippen molar-refractivity contribution in [1.29, 1.82) is 0 Å². The van der Waals surface area contributed by atoms with Crippen LogP contribution in [-0.4, -0.2) is 40.1 Å². The summed E-state index contributed by atoms with van der Waals surface area (Å²) in [5.74, 6) is 0.654. The molecule has 8 heteroatoms. The number of nitrogens with one attached hydrogen (secondary N) is 2. The van der Waals surface area contributed by atoms with Gasteiger partial charge in [0.25, 0.3) is 0 Å². The molecule has 0 amide bonds. The highest BCUT2D eigenvalue weighted by atomic mass is 15.2. The lowest BCUT2D eigenvalue weighted by molar-refractivity contribution is 1.09. The Bertz CT molecular complexity index is 1550. The summed E-state index contributed by atoms with van der Waals surface area (Å²) in [5, 5.41) is 8.38. The number of hydrogen-bond donors (Lipinski definition) is 2. The van der Waals surface area contributed by atoms with Crippen molar-refractivity contribution in [3.8, 4) is 33.9 Å². The second kappa shape index (κ2) is 6.81. The van der Waals surface area contributed by atoms with E-state index in [-0.39, 0.29) is 0 Å². The highest BCUT2D eigenvalue weighted by molar-refractivity contribution is 5.96. The molecule has 0 aliphatic rings. The zero-order valence-corrected chi connectivity index (χ0v) is 16.5. The number of hydrogen-bond acceptors (Lipinski definition) is 6. The van der Waals surface area contributed by atoms with Crippen LogP contribution < -0.4 is 0 Å². The van der Waals surface area contributed by atoms with Crippen molar-refractivity contribution in [2.75, 3.05) is 0 Å². The number of fused-ring (bicyclic) bond motifs is 2. The number of pyridine rings is 4. The summed E-state index contributed by atoms with van der Waals surface area (Å²) in [7, 11) is 0. The number of H-pyrrole nitrogens is 2. The lowest BCUT2D eigenvalue weighted by atomic mass is 10.0. The van der Waals surface area contributed by atoms with Crippen molar-refractivity contribution in [3.63, 3.8) is 0 Å². The van der Waals surface area contributed by atoms with Gasteiger partial charge in [-0.3, -0.25) is 20.1 Å². The van der Waals surface area contributed by atoms with Crippen LogP contribution >= 0.6 is 0 Å². The van der Waals surface area contributed by atoms with Crippen LogP contribution in [0.25, 0.3) is 56.0 Å². The van der Waals surface area contributed by atoms with Crippen molar-refractivity contribution in [3.05, 3.63) is 73.1 Å². The monoisotopic (exact) mass is 404 g/mol. The van der Waals surface area contributed by atoms with E-state index in [2.05, 4.69) is 48.1 Å². The Kier molecular flexibility index (Phi) is 3.82. The van der Waals surface area contributed by atoms with E-state index in [1.807, 2.05) is 36.7 Å². The van der Waals surface area contributed by atoms with Crippen LogP contribution in [0, 0.1) is 6.92 Å². The van der Waals surface area contributed by atoms with Crippen LogP contribution in [0.2, 0.25) is 0 Å². The molecule has 0 bridgehead atoms. The lowest BCUT2D eigenvalue weighted by Gasteiger charge is -2.04. The number of nitrogens with zero attached hydrogens (tertiary/aromatic N) is 6. The smallest absolute Gasteiger partial charge is 0.159 e. The van der Waals surface area contributed by atoms with E-state index in [1.165, 1.54) is 0 Å². The maximum Gasteiger partial charge on any atom is 0.159 e. The van der Waals surface area contributed by atoms with Crippen molar-refractivity contribution >= 4 is 22.1 Å². The Morgan fingerprint density at radius 2 is 1.77 bits per heavy atom. The quantitative estimate of drug-likeness (QED) is 0.454. The average molecular weight is 404 g/mol. The van der Waals surface area contributed by atoms with E-state index in [9.17, 15) is 0 Å². The third-order valence-corrected chi connectivity index (χ3v) is 5.33. The first-order valence-corrected chi connectivity index (χ1v) is 9.78. The Morgan fingerprint density at radius 3 is 2.65 bits per heavy atom. The summed E-state index contributed by atoms with van der Waals surface area (Å²) in [5.41, 5.74) is 7.90. The van der Waals surface area contributed by atoms with Crippen LogP contribution in [0.1, 0.15) is 5.56 Å². The number of aromatic amines is 2. The van der Waals surface area contributed by atoms with Gasteiger partial charge in [0.05, 0.1) is 16.6 Å². The first-order valence-electron chi connectivity index (χ1n) is 9.78. The first-order chi connectivity index (χ1) is 15.3. The molecule has 6 rings (SSSR count). The second-order valence-corrected chi connectivity index (χ2v) is 7.27. The topological polar surface area (TPSA) is 109 Å². The largest absolute Gasteiger partial charge is 0.336 e. The minimum Gasteiger partial charge on any atom is -0.336 e. The molecule has 0 unspecified atom stereocenters. The summed E-state index contributed by atoms with van der Waals surface area (Å²) < 4.78 is 0. The third-order valence-electron chi connectivity index (χ3n) is 5.33. The molecule has 0 fully saturated rings. The van der Waals surface area contributed by atoms with Gasteiger partial charge < -0.3 is 4.98 Å². The molecule has 148 valence electrons. The van der Waals surface area contributed by atoms with Gasteiger partial charge in [-0.05, 0) is 42.8 Å². The lowest BCUT2D eigenvalue weighted by Crippen LogP contribution is -1.87. The average Bonchev–Trinajstić information content (AvgIpc) is 3.43. The fourth-order valence-electron chi connectivity index (χ4n) is 3.76. The van der Waals surface area contributed by atoms with Crippen LogP contribution in [0.5, 0.6) is 0 Å². The number of aromatic nitrogens is 8. The van der Waals surface area contributed by atoms with Gasteiger partial charge in [-0.15, -0.1) is 0 Å². The standard InChI is InChI=1S/C23H16N8/c1-13-4-7-25-12-17(13)15-9-16-20(30-31-22(16)27-11-15)23-28-18-5-8-26-19(21(18)29-23)14-3-2-6-24-10-14/h2-12H,1H3,(H,28,29)(H,27,30,31). The van der Waals surface area contributed by atoms with E-state index in [4.69, 9.17) is 4.98 Å². The fraction of sp³-hybridized carbons (Fsp3) is 0.0435. The highest BCUT2D eigenvalue weighted by Crippen LogP contribution is 2.31. The molecule has 6 aromatic rings. The Balaban J connectivity index is 1.52. The van der Waals surface area contributed by atoms with Gasteiger partial charge in [0.15, 0.2) is 11.5 Å². The van der Waals surface area contributed by atoms with E-state index in [0.717, 1.165) is 44.4 Å². The molecule has 0 aromatic carbocycles. The Hall–Kier alpha value is -4.46. The normalized spacial score (nSPS) is 11.4. The van der Waals surface area contributed by atoms with Crippen molar-refractivity contribution in [1.82, 2.24) is 40.1 Å². The molecule has 0 atom stereocenters. The number of rotatable bonds is 3. The van der Waals surface area contributed by atoms with E-state index < -0.39 is 0 Å². The Morgan fingerprint density at radius 1 is 0.839 bits per heavy atom. The summed E-state index contributed by atoms with van der Waals surface area (Å²) in [6.45, 7) is 2.06. The SMILES string of the molecule is Cc1ccncc1-c1cnc2[nH]nc(-c3nc4c(-c5cccnc5)nccc4[nH]3)c2c1. The Labute approximate surface area is 176 Å².